The molecule has 0 saturated heterocycles. The highest BCUT2D eigenvalue weighted by Gasteiger charge is 2.16. The van der Waals surface area contributed by atoms with Crippen LogP contribution in [0.3, 0.4) is 0 Å². The molecule has 2 aromatic carbocycles. The van der Waals surface area contributed by atoms with Crippen molar-refractivity contribution in [3.8, 4) is 11.5 Å². The second-order valence-corrected chi connectivity index (χ2v) is 5.74. The topological polar surface area (TPSA) is 72.5 Å². The Morgan fingerprint density at radius 3 is 2.40 bits per heavy atom. The first kappa shape index (κ1) is 18.6. The number of anilines is 1. The van der Waals surface area contributed by atoms with Crippen molar-refractivity contribution in [2.45, 2.75) is 33.6 Å². The van der Waals surface area contributed by atoms with Crippen molar-refractivity contribution in [1.82, 2.24) is 0 Å². The maximum absolute atomic E-state index is 12.4. The predicted octanol–water partition coefficient (Wildman–Crippen LogP) is 4.39. The normalized spacial score (nSPS) is 11.0. The highest BCUT2D eigenvalue weighted by atomic mass is 16.5. The van der Waals surface area contributed by atoms with Crippen LogP contribution in [0.5, 0.6) is 11.5 Å². The Morgan fingerprint density at radius 2 is 1.84 bits per heavy atom. The fourth-order valence-electron chi connectivity index (χ4n) is 2.74. The minimum atomic E-state index is -0.105. The molecule has 0 atom stereocenters. The molecular weight excluding hydrogens is 314 g/mol. The summed E-state index contributed by atoms with van der Waals surface area (Å²) in [6, 6.07) is 8.70. The summed E-state index contributed by atoms with van der Waals surface area (Å²) in [7, 11) is 0. The molecule has 0 aliphatic carbocycles. The smallest absolute Gasteiger partial charge is 0.185 e. The van der Waals surface area contributed by atoms with Gasteiger partial charge in [0.05, 0.1) is 6.61 Å². The number of ether oxygens (including phenoxy) is 1. The lowest BCUT2D eigenvalue weighted by Gasteiger charge is -2.16. The van der Waals surface area contributed by atoms with Gasteiger partial charge in [-0.05, 0) is 67.8 Å². The van der Waals surface area contributed by atoms with Gasteiger partial charge in [-0.15, -0.1) is 0 Å². The fourth-order valence-corrected chi connectivity index (χ4v) is 2.74. The molecule has 4 heteroatoms. The molecule has 0 heterocycles. The Kier molecular flexibility index (Phi) is 6.23. The van der Waals surface area contributed by atoms with Crippen LogP contribution in [-0.2, 0) is 12.8 Å². The van der Waals surface area contributed by atoms with E-state index in [1.807, 2.05) is 26.8 Å². The van der Waals surface area contributed by atoms with E-state index in [-0.39, 0.29) is 11.5 Å². The molecule has 0 aliphatic rings. The Labute approximate surface area is 148 Å². The van der Waals surface area contributed by atoms with E-state index < -0.39 is 0 Å². The van der Waals surface area contributed by atoms with Crippen molar-refractivity contribution in [3.63, 3.8) is 0 Å². The van der Waals surface area contributed by atoms with Crippen LogP contribution in [-0.4, -0.2) is 17.5 Å². The van der Waals surface area contributed by atoms with E-state index in [0.29, 0.717) is 36.4 Å². The average molecular weight is 339 g/mol. The maximum Gasteiger partial charge on any atom is 0.185 e. The van der Waals surface area contributed by atoms with Gasteiger partial charge in [-0.2, -0.15) is 0 Å². The van der Waals surface area contributed by atoms with Gasteiger partial charge in [0.2, 0.25) is 0 Å². The molecule has 0 saturated carbocycles. The lowest BCUT2D eigenvalue weighted by Crippen LogP contribution is -2.02. The summed E-state index contributed by atoms with van der Waals surface area (Å²) in [5.74, 6) is 0.822. The first-order chi connectivity index (χ1) is 12.0. The molecule has 0 aliphatic heterocycles. The molecule has 3 N–H and O–H groups in total. The molecule has 0 fully saturated rings. The van der Waals surface area contributed by atoms with E-state index in [9.17, 15) is 9.90 Å². The van der Waals surface area contributed by atoms with Crippen LogP contribution in [0.2, 0.25) is 0 Å². The molecule has 0 aromatic heterocycles. The Morgan fingerprint density at radius 1 is 1.16 bits per heavy atom. The van der Waals surface area contributed by atoms with Crippen LogP contribution in [0.4, 0.5) is 5.69 Å². The first-order valence-corrected chi connectivity index (χ1v) is 8.60. The second kappa shape index (κ2) is 8.38. The number of phenols is 1. The Bertz CT molecular complexity index is 777. The van der Waals surface area contributed by atoms with E-state index >= 15 is 0 Å². The van der Waals surface area contributed by atoms with Crippen molar-refractivity contribution in [1.29, 1.82) is 0 Å². The molecule has 25 heavy (non-hydrogen) atoms. The van der Waals surface area contributed by atoms with Gasteiger partial charge in [-0.1, -0.05) is 13.8 Å². The second-order valence-electron chi connectivity index (χ2n) is 5.74. The third kappa shape index (κ3) is 4.21. The number of carbonyl (C=O) groups excluding carboxylic acids is 1. The highest BCUT2D eigenvalue weighted by Crippen LogP contribution is 2.36. The molecule has 0 bridgehead atoms. The van der Waals surface area contributed by atoms with Crippen molar-refractivity contribution in [2.75, 3.05) is 12.3 Å². The minimum absolute atomic E-state index is 0.105. The van der Waals surface area contributed by atoms with E-state index in [1.54, 1.807) is 30.3 Å². The van der Waals surface area contributed by atoms with Gasteiger partial charge in [0.1, 0.15) is 11.5 Å². The summed E-state index contributed by atoms with van der Waals surface area (Å²) >= 11 is 0. The number of aryl methyl sites for hydroxylation is 1. The average Bonchev–Trinajstić information content (AvgIpc) is 2.62. The van der Waals surface area contributed by atoms with Gasteiger partial charge in [0.15, 0.2) is 5.78 Å². The molecule has 0 radical (unpaired) electrons. The highest BCUT2D eigenvalue weighted by molar-refractivity contribution is 6.07. The number of rotatable bonds is 7. The number of nitrogens with two attached hydrogens (primary N) is 1. The fraction of sp³-hybridized carbons (Fsp3) is 0.286. The summed E-state index contributed by atoms with van der Waals surface area (Å²) in [4.78, 5) is 12.4. The summed E-state index contributed by atoms with van der Waals surface area (Å²) in [5, 5.41) is 10.4. The number of hydrogen-bond acceptors (Lipinski definition) is 4. The van der Waals surface area contributed by atoms with Gasteiger partial charge in [-0.25, -0.2) is 0 Å². The largest absolute Gasteiger partial charge is 0.507 e. The zero-order chi connectivity index (χ0) is 18.4. The van der Waals surface area contributed by atoms with Gasteiger partial charge in [-0.3, -0.25) is 4.79 Å². The third-order valence-corrected chi connectivity index (χ3v) is 4.09. The van der Waals surface area contributed by atoms with Gasteiger partial charge in [0, 0.05) is 22.4 Å². The van der Waals surface area contributed by atoms with E-state index in [0.717, 1.165) is 16.7 Å². The lowest BCUT2D eigenvalue weighted by atomic mass is 9.98. The molecule has 0 spiro atoms. The van der Waals surface area contributed by atoms with Crippen LogP contribution in [0.25, 0.3) is 6.08 Å². The van der Waals surface area contributed by atoms with Crippen molar-refractivity contribution < 1.29 is 14.6 Å². The predicted molar refractivity (Wildman–Crippen MR) is 102 cm³/mol. The van der Waals surface area contributed by atoms with E-state index in [1.165, 1.54) is 6.08 Å². The number of nitrogen functional groups attached to an aromatic ring is 1. The Hall–Kier alpha value is -2.75. The van der Waals surface area contributed by atoms with Crippen molar-refractivity contribution in [2.24, 2.45) is 0 Å². The van der Waals surface area contributed by atoms with E-state index in [4.69, 9.17) is 10.5 Å². The lowest BCUT2D eigenvalue weighted by molar-refractivity contribution is 0.104. The summed E-state index contributed by atoms with van der Waals surface area (Å²) in [5.41, 5.74) is 9.28. The quantitative estimate of drug-likeness (QED) is 0.446. The van der Waals surface area contributed by atoms with Crippen LogP contribution < -0.4 is 10.5 Å². The van der Waals surface area contributed by atoms with Crippen molar-refractivity contribution >= 4 is 17.5 Å². The van der Waals surface area contributed by atoms with Crippen molar-refractivity contribution in [3.05, 3.63) is 58.7 Å². The number of phenolic OH excluding ortho intramolecular Hbond substituents is 1. The zero-order valence-electron chi connectivity index (χ0n) is 15.0. The molecular formula is C21H25NO3. The maximum atomic E-state index is 12.4. The monoisotopic (exact) mass is 339 g/mol. The zero-order valence-corrected chi connectivity index (χ0v) is 15.0. The van der Waals surface area contributed by atoms with E-state index in [2.05, 4.69) is 0 Å². The summed E-state index contributed by atoms with van der Waals surface area (Å²) in [6.07, 6.45) is 4.64. The number of carbonyl (C=O) groups is 1. The van der Waals surface area contributed by atoms with Gasteiger partial charge < -0.3 is 15.6 Å². The molecule has 132 valence electrons. The third-order valence-electron chi connectivity index (χ3n) is 4.09. The minimum Gasteiger partial charge on any atom is -0.507 e. The first-order valence-electron chi connectivity index (χ1n) is 8.60. The summed E-state index contributed by atoms with van der Waals surface area (Å²) in [6.45, 7) is 6.35. The number of ketones is 1. The van der Waals surface area contributed by atoms with Crippen LogP contribution in [0, 0.1) is 0 Å². The van der Waals surface area contributed by atoms with Crippen LogP contribution >= 0.6 is 0 Å². The standard InChI is InChI=1S/C21H25NO3/c1-4-14-13-16(21(25-6-3)18(5-2)20(14)24)9-12-19(23)15-7-10-17(22)11-8-15/h7-13,24H,4-6,22H2,1-3H3/b12-9+. The molecule has 4 nitrogen and oxygen atoms in total. The van der Waals surface area contributed by atoms with Gasteiger partial charge >= 0.3 is 0 Å². The van der Waals surface area contributed by atoms with Crippen LogP contribution in [0.1, 0.15) is 47.8 Å². The number of aromatic hydroxyl groups is 1. The van der Waals surface area contributed by atoms with Gasteiger partial charge in [0.25, 0.3) is 0 Å². The van der Waals surface area contributed by atoms with Crippen LogP contribution in [0.15, 0.2) is 36.4 Å². The molecule has 0 unspecified atom stereocenters. The Balaban J connectivity index is 2.42. The number of allylic oxidation sites excluding steroid dienone is 1. The summed E-state index contributed by atoms with van der Waals surface area (Å²) < 4.78 is 5.75. The number of hydrogen-bond donors (Lipinski definition) is 2. The molecule has 0 amide bonds. The number of benzene rings is 2. The molecule has 2 rings (SSSR count). The molecule has 2 aromatic rings. The SMILES string of the molecule is CCOc1c(/C=C/C(=O)c2ccc(N)cc2)cc(CC)c(O)c1CC.